The zero-order chi connectivity index (χ0) is 14.8. The number of benzene rings is 2. The van der Waals surface area contributed by atoms with Crippen LogP contribution in [0.15, 0.2) is 59.6 Å². The Hall–Kier alpha value is -2.20. The Morgan fingerprint density at radius 1 is 1.29 bits per heavy atom. The van der Waals surface area contributed by atoms with Gasteiger partial charge in [-0.2, -0.15) is 5.10 Å². The molecule has 1 heterocycles. The second kappa shape index (κ2) is 5.66. The minimum Gasteiger partial charge on any atom is -0.295 e. The van der Waals surface area contributed by atoms with Gasteiger partial charge in [0.2, 0.25) is 0 Å². The molecule has 3 aromatic rings. The molecule has 0 fully saturated rings. The number of halogens is 1. The molecule has 21 heavy (non-hydrogen) atoms. The van der Waals surface area contributed by atoms with E-state index in [1.807, 2.05) is 42.5 Å². The summed E-state index contributed by atoms with van der Waals surface area (Å²) in [6.07, 6.45) is 1.72. The molecule has 0 atom stereocenters. The molecule has 0 spiro atoms. The Kier molecular flexibility index (Phi) is 3.71. The lowest BCUT2D eigenvalue weighted by Gasteiger charge is -2.02. The topological polar surface area (TPSA) is 45.8 Å². The van der Waals surface area contributed by atoms with Gasteiger partial charge in [-0.15, -0.1) is 0 Å². The van der Waals surface area contributed by atoms with Crippen LogP contribution in [0.2, 0.25) is 0 Å². The number of fused-ring (bicyclic) bond motifs is 1. The van der Waals surface area contributed by atoms with Gasteiger partial charge in [-0.1, -0.05) is 40.7 Å². The average molecular weight is 341 g/mol. The summed E-state index contributed by atoms with van der Waals surface area (Å²) >= 11 is 3.45. The summed E-state index contributed by atoms with van der Waals surface area (Å²) in [4.78, 5) is 11.5. The maximum absolute atomic E-state index is 11.5. The van der Waals surface area contributed by atoms with Crippen molar-refractivity contribution >= 4 is 32.6 Å². The van der Waals surface area contributed by atoms with Crippen LogP contribution in [0.4, 0.5) is 0 Å². The zero-order valence-corrected chi connectivity index (χ0v) is 12.9. The summed E-state index contributed by atoms with van der Waals surface area (Å²) < 4.78 is 1.01. The fourth-order valence-electron chi connectivity index (χ4n) is 2.31. The van der Waals surface area contributed by atoms with Crippen molar-refractivity contribution in [1.82, 2.24) is 10.2 Å². The van der Waals surface area contributed by atoms with Gasteiger partial charge in [0.05, 0.1) is 11.2 Å². The molecule has 0 unspecified atom stereocenters. The van der Waals surface area contributed by atoms with Crippen molar-refractivity contribution in [2.75, 3.05) is 0 Å². The molecular formula is C17H13BrN2O. The molecule has 3 nitrogen and oxygen atoms in total. The van der Waals surface area contributed by atoms with Crippen molar-refractivity contribution in [3.8, 4) is 11.3 Å². The van der Waals surface area contributed by atoms with Gasteiger partial charge in [0, 0.05) is 21.8 Å². The summed E-state index contributed by atoms with van der Waals surface area (Å²) in [5.74, 6) is 0.0166. The number of hydrogen-bond acceptors (Lipinski definition) is 2. The Balaban J connectivity index is 2.04. The van der Waals surface area contributed by atoms with Crippen LogP contribution >= 0.6 is 15.9 Å². The van der Waals surface area contributed by atoms with Crippen molar-refractivity contribution < 1.29 is 4.79 Å². The van der Waals surface area contributed by atoms with Gasteiger partial charge in [0.15, 0.2) is 5.78 Å². The van der Waals surface area contributed by atoms with Gasteiger partial charge in [0.1, 0.15) is 0 Å². The maximum Gasteiger partial charge on any atom is 0.159 e. The van der Waals surface area contributed by atoms with Crippen molar-refractivity contribution in [2.45, 2.75) is 6.42 Å². The fourth-order valence-corrected chi connectivity index (χ4v) is 2.67. The van der Waals surface area contributed by atoms with E-state index in [1.165, 1.54) is 6.08 Å². The van der Waals surface area contributed by atoms with E-state index in [2.05, 4.69) is 32.7 Å². The molecule has 0 saturated carbocycles. The molecule has 0 saturated heterocycles. The first kappa shape index (κ1) is 13.8. The second-order valence-electron chi connectivity index (χ2n) is 4.81. The number of aromatic nitrogens is 2. The van der Waals surface area contributed by atoms with Gasteiger partial charge in [-0.05, 0) is 35.9 Å². The highest BCUT2D eigenvalue weighted by Crippen LogP contribution is 2.28. The molecule has 4 heteroatoms. The number of carbonyl (C=O) groups excluding carboxylic acids is 1. The molecule has 3 rings (SSSR count). The van der Waals surface area contributed by atoms with Crippen LogP contribution in [-0.4, -0.2) is 16.0 Å². The molecule has 104 valence electrons. The molecule has 0 aliphatic rings. The lowest BCUT2D eigenvalue weighted by Crippen LogP contribution is -1.97. The summed E-state index contributed by atoms with van der Waals surface area (Å²) in [6, 6.07) is 13.9. The molecule has 0 aliphatic carbocycles. The zero-order valence-electron chi connectivity index (χ0n) is 11.3. The van der Waals surface area contributed by atoms with Gasteiger partial charge >= 0.3 is 0 Å². The number of allylic oxidation sites excluding steroid dienone is 1. The van der Waals surface area contributed by atoms with Crippen molar-refractivity contribution in [3.05, 3.63) is 65.2 Å². The van der Waals surface area contributed by atoms with Crippen LogP contribution in [0, 0.1) is 0 Å². The van der Waals surface area contributed by atoms with E-state index >= 15 is 0 Å². The number of nitrogens with one attached hydrogen (secondary N) is 1. The first-order chi connectivity index (χ1) is 10.2. The van der Waals surface area contributed by atoms with E-state index in [0.29, 0.717) is 6.42 Å². The van der Waals surface area contributed by atoms with Crippen LogP contribution in [0.3, 0.4) is 0 Å². The van der Waals surface area contributed by atoms with Crippen LogP contribution in [0.5, 0.6) is 0 Å². The summed E-state index contributed by atoms with van der Waals surface area (Å²) in [5, 5.41) is 8.49. The van der Waals surface area contributed by atoms with E-state index in [-0.39, 0.29) is 5.78 Å². The molecule has 1 N–H and O–H groups in total. The third-order valence-electron chi connectivity index (χ3n) is 3.33. The molecule has 1 aromatic heterocycles. The number of hydrogen-bond donors (Lipinski definition) is 1. The molecule has 0 radical (unpaired) electrons. The normalized spacial score (nSPS) is 10.7. The van der Waals surface area contributed by atoms with E-state index in [9.17, 15) is 4.79 Å². The lowest BCUT2D eigenvalue weighted by molar-refractivity contribution is -0.114. The van der Waals surface area contributed by atoms with Gasteiger partial charge in [-0.25, -0.2) is 0 Å². The van der Waals surface area contributed by atoms with Gasteiger partial charge in [-0.3, -0.25) is 9.89 Å². The van der Waals surface area contributed by atoms with E-state index in [4.69, 9.17) is 0 Å². The monoisotopic (exact) mass is 340 g/mol. The summed E-state index contributed by atoms with van der Waals surface area (Å²) in [6.45, 7) is 3.51. The largest absolute Gasteiger partial charge is 0.295 e. The van der Waals surface area contributed by atoms with E-state index < -0.39 is 0 Å². The van der Waals surface area contributed by atoms with Crippen LogP contribution in [0.25, 0.3) is 22.2 Å². The van der Waals surface area contributed by atoms with Crippen LogP contribution in [-0.2, 0) is 11.2 Å². The fraction of sp³-hybridized carbons (Fsp3) is 0.0588. The third-order valence-corrected chi connectivity index (χ3v) is 3.82. The van der Waals surface area contributed by atoms with Crippen LogP contribution in [0.1, 0.15) is 5.56 Å². The number of carbonyl (C=O) groups is 1. The first-order valence-electron chi connectivity index (χ1n) is 6.55. The number of ketones is 1. The predicted molar refractivity (Wildman–Crippen MR) is 88.1 cm³/mol. The van der Waals surface area contributed by atoms with E-state index in [0.717, 1.165) is 32.2 Å². The lowest BCUT2D eigenvalue weighted by atomic mass is 10.0. The third kappa shape index (κ3) is 2.81. The Labute approximate surface area is 130 Å². The van der Waals surface area contributed by atoms with E-state index in [1.54, 1.807) is 0 Å². The summed E-state index contributed by atoms with van der Waals surface area (Å²) in [7, 11) is 0. The average Bonchev–Trinajstić information content (AvgIpc) is 2.90. The van der Waals surface area contributed by atoms with Crippen molar-refractivity contribution in [3.63, 3.8) is 0 Å². The quantitative estimate of drug-likeness (QED) is 0.720. The number of H-pyrrole nitrogens is 1. The molecule has 0 bridgehead atoms. The second-order valence-corrected chi connectivity index (χ2v) is 5.73. The number of nitrogens with zero attached hydrogens (tertiary/aromatic N) is 1. The maximum atomic E-state index is 11.5. The molecule has 2 aromatic carbocycles. The standard InChI is InChI=1S/C17H13BrN2O/c1-2-14(21)9-11-4-3-5-12(8-11)17-15-7-6-13(18)10-16(15)19-20-17/h2-8,10H,1,9H2,(H,19,20). The van der Waals surface area contributed by atoms with Crippen molar-refractivity contribution in [1.29, 1.82) is 0 Å². The molecular weight excluding hydrogens is 328 g/mol. The predicted octanol–water partition coefficient (Wildman–Crippen LogP) is 4.29. The number of rotatable bonds is 4. The van der Waals surface area contributed by atoms with Crippen molar-refractivity contribution in [2.24, 2.45) is 0 Å². The highest BCUT2D eigenvalue weighted by atomic mass is 79.9. The Morgan fingerprint density at radius 2 is 2.14 bits per heavy atom. The van der Waals surface area contributed by atoms with Crippen LogP contribution < -0.4 is 0 Å². The highest BCUT2D eigenvalue weighted by molar-refractivity contribution is 9.10. The summed E-state index contributed by atoms with van der Waals surface area (Å²) in [5.41, 5.74) is 3.83. The number of aromatic amines is 1. The van der Waals surface area contributed by atoms with Gasteiger partial charge < -0.3 is 0 Å². The molecule has 0 aliphatic heterocycles. The first-order valence-corrected chi connectivity index (χ1v) is 7.35. The minimum absolute atomic E-state index is 0.0166. The highest BCUT2D eigenvalue weighted by Gasteiger charge is 2.09. The minimum atomic E-state index is 0.0166. The molecule has 0 amide bonds. The smallest absolute Gasteiger partial charge is 0.159 e. The SMILES string of the molecule is C=CC(=O)Cc1cccc(-c2n[nH]c3cc(Br)ccc23)c1. The Morgan fingerprint density at radius 3 is 2.95 bits per heavy atom. The Bertz CT molecular complexity index is 836. The van der Waals surface area contributed by atoms with Gasteiger partial charge in [0.25, 0.3) is 0 Å².